The molecule has 0 spiro atoms. The van der Waals surface area contributed by atoms with Crippen LogP contribution in [0, 0.1) is 0 Å². The SMILES string of the molecule is O=P(O)(Oc1cccc(C[n+]2ccsc2)c1)Oc1cccc(-c2ccccc2)c1. The molecule has 4 aromatic rings. The summed E-state index contributed by atoms with van der Waals surface area (Å²) in [5, 5.41) is 1.99. The zero-order valence-corrected chi connectivity index (χ0v) is 17.1. The van der Waals surface area contributed by atoms with Gasteiger partial charge in [-0.2, -0.15) is 4.57 Å². The standard InChI is InChI=1S/C22H18NO4PS/c24-28(25,26-21-10-4-6-18(14-21)16-23-12-13-29-17-23)27-22-11-5-9-20(15-22)19-7-2-1-3-8-19/h1-15,17H,16H2/p+1. The second kappa shape index (κ2) is 8.62. The fourth-order valence-electron chi connectivity index (χ4n) is 2.91. The number of phosphoric ester groups is 1. The molecular weight excluding hydrogens is 405 g/mol. The van der Waals surface area contributed by atoms with E-state index in [0.717, 1.165) is 16.7 Å². The highest BCUT2D eigenvalue weighted by atomic mass is 32.1. The smallest absolute Gasteiger partial charge is 0.395 e. The summed E-state index contributed by atoms with van der Waals surface area (Å²) < 4.78 is 25.2. The highest BCUT2D eigenvalue weighted by Crippen LogP contribution is 2.45. The zero-order valence-electron chi connectivity index (χ0n) is 15.4. The first-order valence-corrected chi connectivity index (χ1v) is 11.4. The van der Waals surface area contributed by atoms with Crippen LogP contribution in [0.2, 0.25) is 0 Å². The molecule has 0 bridgehead atoms. The largest absolute Gasteiger partial charge is 0.584 e. The van der Waals surface area contributed by atoms with Gasteiger partial charge < -0.3 is 9.05 Å². The van der Waals surface area contributed by atoms with E-state index in [4.69, 9.17) is 9.05 Å². The van der Waals surface area contributed by atoms with E-state index >= 15 is 0 Å². The van der Waals surface area contributed by atoms with Crippen LogP contribution in [0.3, 0.4) is 0 Å². The van der Waals surface area contributed by atoms with Crippen molar-refractivity contribution in [2.24, 2.45) is 0 Å². The van der Waals surface area contributed by atoms with E-state index in [1.54, 1.807) is 47.7 Å². The fourth-order valence-corrected chi connectivity index (χ4v) is 4.31. The lowest BCUT2D eigenvalue weighted by molar-refractivity contribution is -0.683. The van der Waals surface area contributed by atoms with Gasteiger partial charge in [-0.1, -0.05) is 65.9 Å². The van der Waals surface area contributed by atoms with Crippen molar-refractivity contribution >= 4 is 19.2 Å². The van der Waals surface area contributed by atoms with Crippen LogP contribution in [0.1, 0.15) is 5.56 Å². The Morgan fingerprint density at radius 1 is 0.862 bits per heavy atom. The summed E-state index contributed by atoms with van der Waals surface area (Å²) in [5.41, 5.74) is 4.83. The summed E-state index contributed by atoms with van der Waals surface area (Å²) in [5.74, 6) is 0.547. The third-order valence-corrected chi connectivity index (χ3v) is 5.73. The van der Waals surface area contributed by atoms with Gasteiger partial charge in [0, 0.05) is 5.56 Å². The van der Waals surface area contributed by atoms with E-state index in [-0.39, 0.29) is 11.5 Å². The maximum atomic E-state index is 12.5. The molecule has 7 heteroatoms. The molecule has 0 aliphatic rings. The van der Waals surface area contributed by atoms with Crippen molar-refractivity contribution in [1.29, 1.82) is 0 Å². The molecule has 1 heterocycles. The van der Waals surface area contributed by atoms with E-state index in [0.29, 0.717) is 6.54 Å². The Bertz CT molecular complexity index is 1130. The van der Waals surface area contributed by atoms with Crippen LogP contribution < -0.4 is 13.6 Å². The minimum Gasteiger partial charge on any atom is -0.395 e. The van der Waals surface area contributed by atoms with Crippen molar-refractivity contribution in [1.82, 2.24) is 0 Å². The lowest BCUT2D eigenvalue weighted by Gasteiger charge is -2.15. The Labute approximate surface area is 173 Å². The van der Waals surface area contributed by atoms with Gasteiger partial charge in [-0.05, 0) is 35.4 Å². The van der Waals surface area contributed by atoms with Gasteiger partial charge in [0.1, 0.15) is 11.5 Å². The van der Waals surface area contributed by atoms with Gasteiger partial charge >= 0.3 is 7.82 Å². The van der Waals surface area contributed by atoms with E-state index in [2.05, 4.69) is 0 Å². The molecular formula is C22H19NO4PS+. The van der Waals surface area contributed by atoms with Gasteiger partial charge in [0.05, 0.1) is 5.38 Å². The maximum Gasteiger partial charge on any atom is 0.584 e. The second-order valence-electron chi connectivity index (χ2n) is 6.39. The number of benzene rings is 3. The van der Waals surface area contributed by atoms with Crippen molar-refractivity contribution in [3.63, 3.8) is 0 Å². The molecule has 0 radical (unpaired) electrons. The Balaban J connectivity index is 1.48. The summed E-state index contributed by atoms with van der Waals surface area (Å²) in [7, 11) is -4.34. The molecule has 0 fully saturated rings. The van der Waals surface area contributed by atoms with Crippen LogP contribution in [0.25, 0.3) is 11.1 Å². The third-order valence-electron chi connectivity index (χ3n) is 4.17. The molecule has 0 aliphatic carbocycles. The number of hydrogen-bond donors (Lipinski definition) is 1. The second-order valence-corrected chi connectivity index (χ2v) is 8.45. The van der Waals surface area contributed by atoms with Crippen molar-refractivity contribution in [2.45, 2.75) is 6.54 Å². The van der Waals surface area contributed by atoms with Gasteiger partial charge in [0.25, 0.3) is 0 Å². The molecule has 0 saturated carbocycles. The predicted molar refractivity (Wildman–Crippen MR) is 113 cm³/mol. The first-order chi connectivity index (χ1) is 14.1. The van der Waals surface area contributed by atoms with E-state index in [1.807, 2.05) is 64.1 Å². The molecule has 29 heavy (non-hydrogen) atoms. The Kier molecular flexibility index (Phi) is 5.76. The number of thiazole rings is 1. The van der Waals surface area contributed by atoms with Crippen LogP contribution in [0.5, 0.6) is 11.5 Å². The first kappa shape index (κ1) is 19.4. The van der Waals surface area contributed by atoms with Crippen molar-refractivity contribution in [3.05, 3.63) is 102 Å². The summed E-state index contributed by atoms with van der Waals surface area (Å²) in [4.78, 5) is 10.2. The van der Waals surface area contributed by atoms with Gasteiger partial charge in [-0.25, -0.2) is 4.57 Å². The van der Waals surface area contributed by atoms with Crippen LogP contribution in [-0.2, 0) is 11.1 Å². The van der Waals surface area contributed by atoms with Crippen LogP contribution in [0.15, 0.2) is 96.0 Å². The van der Waals surface area contributed by atoms with E-state index in [9.17, 15) is 9.46 Å². The lowest BCUT2D eigenvalue weighted by atomic mass is 10.1. The maximum absolute atomic E-state index is 12.5. The molecule has 1 N–H and O–H groups in total. The average Bonchev–Trinajstić information content (AvgIpc) is 3.21. The lowest BCUT2D eigenvalue weighted by Crippen LogP contribution is -2.30. The molecule has 5 nitrogen and oxygen atoms in total. The Morgan fingerprint density at radius 2 is 1.55 bits per heavy atom. The van der Waals surface area contributed by atoms with E-state index < -0.39 is 7.82 Å². The summed E-state index contributed by atoms with van der Waals surface area (Å²) >= 11 is 1.60. The predicted octanol–water partition coefficient (Wildman–Crippen LogP) is 5.31. The first-order valence-electron chi connectivity index (χ1n) is 8.95. The summed E-state index contributed by atoms with van der Waals surface area (Å²) in [6.07, 6.45) is 1.97. The van der Waals surface area contributed by atoms with Crippen molar-refractivity contribution < 1.29 is 23.1 Å². The van der Waals surface area contributed by atoms with Crippen molar-refractivity contribution in [3.8, 4) is 22.6 Å². The van der Waals surface area contributed by atoms with Crippen molar-refractivity contribution in [2.75, 3.05) is 0 Å². The fraction of sp³-hybridized carbons (Fsp3) is 0.0455. The monoisotopic (exact) mass is 424 g/mol. The highest BCUT2D eigenvalue weighted by Gasteiger charge is 2.25. The van der Waals surface area contributed by atoms with Gasteiger partial charge in [-0.3, -0.25) is 4.89 Å². The van der Waals surface area contributed by atoms with Gasteiger partial charge in [0.15, 0.2) is 12.7 Å². The molecule has 1 atom stereocenters. The number of aromatic nitrogens is 1. The molecule has 1 aromatic heterocycles. The molecule has 3 aromatic carbocycles. The molecule has 1 unspecified atom stereocenters. The number of hydrogen-bond acceptors (Lipinski definition) is 4. The normalized spacial score (nSPS) is 12.9. The minimum atomic E-state index is -4.34. The highest BCUT2D eigenvalue weighted by molar-refractivity contribution is 7.48. The summed E-state index contributed by atoms with van der Waals surface area (Å²) in [6.45, 7) is 0.649. The Morgan fingerprint density at radius 3 is 2.28 bits per heavy atom. The minimum absolute atomic E-state index is 0.266. The number of rotatable bonds is 7. The number of nitrogens with zero attached hydrogens (tertiary/aromatic N) is 1. The quantitative estimate of drug-likeness (QED) is 0.323. The number of phosphoric acid groups is 1. The average molecular weight is 424 g/mol. The third kappa shape index (κ3) is 5.33. The molecule has 0 saturated heterocycles. The molecule has 4 rings (SSSR count). The van der Waals surface area contributed by atoms with E-state index in [1.165, 1.54) is 0 Å². The van der Waals surface area contributed by atoms with Crippen LogP contribution >= 0.6 is 19.2 Å². The molecule has 0 aliphatic heterocycles. The summed E-state index contributed by atoms with van der Waals surface area (Å²) in [6, 6.07) is 23.8. The van der Waals surface area contributed by atoms with Gasteiger partial charge in [0.2, 0.25) is 5.51 Å². The molecule has 146 valence electrons. The molecule has 0 amide bonds. The van der Waals surface area contributed by atoms with Crippen LogP contribution in [-0.4, -0.2) is 4.89 Å². The Hall–Kier alpha value is -2.92. The van der Waals surface area contributed by atoms with Crippen LogP contribution in [0.4, 0.5) is 0 Å². The van der Waals surface area contributed by atoms with Gasteiger partial charge in [-0.15, -0.1) is 0 Å². The zero-order chi connectivity index (χ0) is 20.1. The topological polar surface area (TPSA) is 59.6 Å².